The number of ketones is 1. The molecule has 3 heteroatoms. The van der Waals surface area contributed by atoms with Gasteiger partial charge in [-0.15, -0.1) is 11.8 Å². The third-order valence-electron chi connectivity index (χ3n) is 9.92. The molecule has 0 bridgehead atoms. The molecule has 174 valence electrons. The fraction of sp³-hybridized carbons (Fsp3) is 0.567. The van der Waals surface area contributed by atoms with Gasteiger partial charge >= 0.3 is 0 Å². The highest BCUT2D eigenvalue weighted by Gasteiger charge is 2.65. The van der Waals surface area contributed by atoms with Gasteiger partial charge in [0.2, 0.25) is 0 Å². The predicted octanol–water partition coefficient (Wildman–Crippen LogP) is 7.41. The highest BCUT2D eigenvalue weighted by Crippen LogP contribution is 2.69. The summed E-state index contributed by atoms with van der Waals surface area (Å²) in [5.41, 5.74) is 7.33. The van der Waals surface area contributed by atoms with Gasteiger partial charge in [0.15, 0.2) is 5.78 Å². The second kappa shape index (κ2) is 7.99. The van der Waals surface area contributed by atoms with E-state index < -0.39 is 0 Å². The van der Waals surface area contributed by atoms with Crippen LogP contribution in [0.5, 0.6) is 0 Å². The lowest BCUT2D eigenvalue weighted by Gasteiger charge is -2.57. The summed E-state index contributed by atoms with van der Waals surface area (Å²) in [6, 6.07) is 9.32. The number of thioether (sulfide) groups is 1. The Morgan fingerprint density at radius 3 is 2.67 bits per heavy atom. The molecule has 1 aromatic rings. The number of benzene rings is 1. The van der Waals surface area contributed by atoms with Crippen molar-refractivity contribution < 1.29 is 9.53 Å². The van der Waals surface area contributed by atoms with Crippen molar-refractivity contribution >= 4 is 17.5 Å². The quantitative estimate of drug-likeness (QED) is 0.339. The Kier molecular flexibility index (Phi) is 5.30. The van der Waals surface area contributed by atoms with Crippen molar-refractivity contribution in [1.29, 1.82) is 0 Å². The molecule has 33 heavy (non-hydrogen) atoms. The molecule has 0 unspecified atom stereocenters. The van der Waals surface area contributed by atoms with Crippen molar-refractivity contribution in [2.45, 2.75) is 81.1 Å². The number of carbonyl (C=O) groups excluding carboxylic acids is 1. The van der Waals surface area contributed by atoms with E-state index in [9.17, 15) is 4.79 Å². The number of rotatable bonds is 2. The summed E-state index contributed by atoms with van der Waals surface area (Å²) < 4.78 is 6.76. The first-order valence-corrected chi connectivity index (χ1v) is 14.1. The molecule has 6 rings (SSSR count). The molecule has 3 fully saturated rings. The molecule has 4 aliphatic carbocycles. The largest absolute Gasteiger partial charge is 0.370 e. The zero-order chi connectivity index (χ0) is 22.8. The summed E-state index contributed by atoms with van der Waals surface area (Å²) >= 11 is 1.81. The highest BCUT2D eigenvalue weighted by molar-refractivity contribution is 7.98. The van der Waals surface area contributed by atoms with Crippen LogP contribution in [-0.2, 0) is 9.53 Å². The van der Waals surface area contributed by atoms with Crippen LogP contribution in [0.15, 0.2) is 64.1 Å². The summed E-state index contributed by atoms with van der Waals surface area (Å²) in [5, 5.41) is 0. The molecule has 1 heterocycles. The van der Waals surface area contributed by atoms with Crippen LogP contribution in [0.4, 0.5) is 0 Å². The van der Waals surface area contributed by atoms with Crippen LogP contribution in [0.1, 0.15) is 76.2 Å². The minimum atomic E-state index is -0.151. The molecule has 1 saturated heterocycles. The standard InChI is InChI=1S/C30H36O2S/c1-19-5-4-16-32-30(19)15-14-27-25-12-8-21-17-22(31)9-13-24(21)28(25)26(18-29(27,30)2)20-6-10-23(33-3)11-7-20/h6-7,10-11,17,25-27H,1,4-5,8-9,12-16,18H2,2-3H3/t25-,26+,27-,29-,30-/m0/s1. The Morgan fingerprint density at radius 1 is 1.09 bits per heavy atom. The minimum Gasteiger partial charge on any atom is -0.370 e. The summed E-state index contributed by atoms with van der Waals surface area (Å²) in [6.45, 7) is 8.02. The Morgan fingerprint density at radius 2 is 1.91 bits per heavy atom. The Labute approximate surface area is 202 Å². The number of ether oxygens (including phenoxy) is 1. The zero-order valence-electron chi connectivity index (χ0n) is 20.1. The van der Waals surface area contributed by atoms with Gasteiger partial charge in [-0.25, -0.2) is 0 Å². The van der Waals surface area contributed by atoms with Crippen molar-refractivity contribution in [1.82, 2.24) is 0 Å². The van der Waals surface area contributed by atoms with Gasteiger partial charge in [0, 0.05) is 29.3 Å². The van der Waals surface area contributed by atoms with E-state index in [-0.39, 0.29) is 11.0 Å². The minimum absolute atomic E-state index is 0.119. The van der Waals surface area contributed by atoms with E-state index in [2.05, 4.69) is 44.0 Å². The van der Waals surface area contributed by atoms with Crippen molar-refractivity contribution in [2.75, 3.05) is 12.9 Å². The van der Waals surface area contributed by atoms with Crippen LogP contribution in [-0.4, -0.2) is 24.2 Å². The Hall–Kier alpha value is -1.58. The van der Waals surface area contributed by atoms with Gasteiger partial charge < -0.3 is 4.74 Å². The molecular formula is C30H36O2S. The molecular weight excluding hydrogens is 424 g/mol. The second-order valence-electron chi connectivity index (χ2n) is 11.2. The fourth-order valence-electron chi connectivity index (χ4n) is 8.44. The Bertz CT molecular complexity index is 1060. The lowest BCUT2D eigenvalue weighted by atomic mass is 9.50. The van der Waals surface area contributed by atoms with E-state index in [1.807, 2.05) is 17.8 Å². The highest BCUT2D eigenvalue weighted by atomic mass is 32.2. The Balaban J connectivity index is 1.51. The van der Waals surface area contributed by atoms with Crippen LogP contribution >= 0.6 is 11.8 Å². The predicted molar refractivity (Wildman–Crippen MR) is 136 cm³/mol. The summed E-state index contributed by atoms with van der Waals surface area (Å²) in [4.78, 5) is 13.6. The number of hydrogen-bond donors (Lipinski definition) is 0. The molecule has 0 N–H and O–H groups in total. The topological polar surface area (TPSA) is 26.3 Å². The van der Waals surface area contributed by atoms with E-state index in [4.69, 9.17) is 4.74 Å². The number of allylic oxidation sites excluding steroid dienone is 4. The van der Waals surface area contributed by atoms with Gasteiger partial charge in [-0.3, -0.25) is 4.79 Å². The zero-order valence-corrected chi connectivity index (χ0v) is 20.9. The molecule has 1 aromatic carbocycles. The van der Waals surface area contributed by atoms with E-state index in [0.717, 1.165) is 45.1 Å². The maximum absolute atomic E-state index is 12.2. The van der Waals surface area contributed by atoms with Crippen LogP contribution < -0.4 is 0 Å². The molecule has 1 spiro atoms. The van der Waals surface area contributed by atoms with Crippen molar-refractivity contribution in [3.05, 3.63) is 64.8 Å². The van der Waals surface area contributed by atoms with E-state index >= 15 is 0 Å². The SMILES string of the molecule is C=C1CCCO[C@@]12CC[C@H]1[C@@H]3CCC4=CC(=O)CCC4=C3[C@@H](c3ccc(SC)cc3)C[C@@]12C. The van der Waals surface area contributed by atoms with E-state index in [1.54, 1.807) is 5.57 Å². The maximum atomic E-state index is 12.2. The van der Waals surface area contributed by atoms with Crippen LogP contribution in [0.3, 0.4) is 0 Å². The van der Waals surface area contributed by atoms with Crippen LogP contribution in [0.25, 0.3) is 0 Å². The van der Waals surface area contributed by atoms with Crippen molar-refractivity contribution in [3.8, 4) is 0 Å². The average molecular weight is 461 g/mol. The molecule has 2 saturated carbocycles. The lowest BCUT2D eigenvalue weighted by Crippen LogP contribution is -2.55. The molecule has 0 aromatic heterocycles. The second-order valence-corrected chi connectivity index (χ2v) is 12.1. The smallest absolute Gasteiger partial charge is 0.156 e. The lowest BCUT2D eigenvalue weighted by molar-refractivity contribution is -0.128. The maximum Gasteiger partial charge on any atom is 0.156 e. The molecule has 1 aliphatic heterocycles. The van der Waals surface area contributed by atoms with Gasteiger partial charge in [0.05, 0.1) is 5.60 Å². The number of hydrogen-bond acceptors (Lipinski definition) is 3. The third-order valence-corrected chi connectivity index (χ3v) is 10.7. The van der Waals surface area contributed by atoms with Gasteiger partial charge in [0.25, 0.3) is 0 Å². The monoisotopic (exact) mass is 460 g/mol. The van der Waals surface area contributed by atoms with Gasteiger partial charge in [0.1, 0.15) is 0 Å². The molecule has 2 nitrogen and oxygen atoms in total. The first kappa shape index (κ1) is 21.9. The van der Waals surface area contributed by atoms with Gasteiger partial charge in [-0.1, -0.05) is 31.2 Å². The number of fused-ring (bicyclic) bond motifs is 5. The van der Waals surface area contributed by atoms with E-state index in [1.165, 1.54) is 40.0 Å². The summed E-state index contributed by atoms with van der Waals surface area (Å²) in [7, 11) is 0. The molecule has 0 amide bonds. The molecule has 5 aliphatic rings. The normalized spacial score (nSPS) is 38.1. The molecule has 5 atom stereocenters. The van der Waals surface area contributed by atoms with E-state index in [0.29, 0.717) is 30.0 Å². The first-order chi connectivity index (χ1) is 16.0. The van der Waals surface area contributed by atoms with Crippen molar-refractivity contribution in [3.63, 3.8) is 0 Å². The van der Waals surface area contributed by atoms with Gasteiger partial charge in [-0.05, 0) is 110 Å². The number of carbonyl (C=O) groups is 1. The molecule has 0 radical (unpaired) electrons. The first-order valence-electron chi connectivity index (χ1n) is 12.9. The van der Waals surface area contributed by atoms with Crippen LogP contribution in [0.2, 0.25) is 0 Å². The summed E-state index contributed by atoms with van der Waals surface area (Å²) in [5.74, 6) is 1.98. The summed E-state index contributed by atoms with van der Waals surface area (Å²) in [6.07, 6.45) is 13.7. The van der Waals surface area contributed by atoms with Gasteiger partial charge in [-0.2, -0.15) is 0 Å². The third kappa shape index (κ3) is 3.14. The van der Waals surface area contributed by atoms with Crippen molar-refractivity contribution in [2.24, 2.45) is 17.3 Å². The average Bonchev–Trinajstić information content (AvgIpc) is 3.12. The fourth-order valence-corrected chi connectivity index (χ4v) is 8.85. The van der Waals surface area contributed by atoms with Crippen LogP contribution in [0, 0.1) is 17.3 Å².